The molecule has 1 aromatic heterocycles. The van der Waals surface area contributed by atoms with Crippen LogP contribution in [0.3, 0.4) is 0 Å². The molecule has 0 aliphatic carbocycles. The summed E-state index contributed by atoms with van der Waals surface area (Å²) >= 11 is 0. The van der Waals surface area contributed by atoms with Crippen LogP contribution in [0.25, 0.3) is 0 Å². The predicted molar refractivity (Wildman–Crippen MR) is 110 cm³/mol. The number of hydrogen-bond acceptors (Lipinski definition) is 4. The summed E-state index contributed by atoms with van der Waals surface area (Å²) in [6.07, 6.45) is 7.84. The van der Waals surface area contributed by atoms with E-state index in [9.17, 15) is 0 Å². The highest BCUT2D eigenvalue weighted by molar-refractivity contribution is 5.44. The second kappa shape index (κ2) is 9.56. The van der Waals surface area contributed by atoms with Crippen LogP contribution in [-0.2, 0) is 6.42 Å². The summed E-state index contributed by atoms with van der Waals surface area (Å²) in [5.41, 5.74) is 1.46. The molecule has 1 aliphatic heterocycles. The molecule has 1 aromatic carbocycles. The van der Waals surface area contributed by atoms with Gasteiger partial charge in [-0.05, 0) is 49.7 Å². The molecule has 0 spiro atoms. The number of aromatic nitrogens is 2. The van der Waals surface area contributed by atoms with Crippen molar-refractivity contribution in [3.63, 3.8) is 0 Å². The third kappa shape index (κ3) is 4.96. The van der Waals surface area contributed by atoms with E-state index in [1.807, 2.05) is 6.20 Å². The molecule has 4 nitrogen and oxygen atoms in total. The minimum absolute atomic E-state index is 0.772. The number of piperidine rings is 1. The molecule has 140 valence electrons. The maximum Gasteiger partial charge on any atom is 0.227 e. The van der Waals surface area contributed by atoms with E-state index in [4.69, 9.17) is 4.98 Å². The molecule has 1 aliphatic rings. The van der Waals surface area contributed by atoms with Gasteiger partial charge in [0.05, 0.1) is 0 Å². The summed E-state index contributed by atoms with van der Waals surface area (Å²) in [6, 6.07) is 12.9. The summed E-state index contributed by atoms with van der Waals surface area (Å²) in [5, 5.41) is 0. The molecule has 1 saturated heterocycles. The van der Waals surface area contributed by atoms with Crippen LogP contribution in [0.4, 0.5) is 11.8 Å². The molecule has 4 heteroatoms. The highest BCUT2D eigenvalue weighted by Gasteiger charge is 2.21. The van der Waals surface area contributed by atoms with Gasteiger partial charge < -0.3 is 9.80 Å². The Morgan fingerprint density at radius 2 is 1.69 bits per heavy atom. The number of hydrogen-bond donors (Lipinski definition) is 0. The molecule has 2 heterocycles. The first-order chi connectivity index (χ1) is 12.8. The van der Waals surface area contributed by atoms with E-state index in [2.05, 4.69) is 65.0 Å². The van der Waals surface area contributed by atoms with E-state index in [0.29, 0.717) is 0 Å². The fourth-order valence-corrected chi connectivity index (χ4v) is 3.83. The number of anilines is 2. The molecule has 0 amide bonds. The van der Waals surface area contributed by atoms with E-state index in [0.717, 1.165) is 56.7 Å². The Balaban J connectivity index is 1.59. The largest absolute Gasteiger partial charge is 0.356 e. The minimum atomic E-state index is 0.772. The fourth-order valence-electron chi connectivity index (χ4n) is 3.83. The molecule has 0 atom stereocenters. The lowest BCUT2D eigenvalue weighted by molar-refractivity contribution is 0.400. The van der Waals surface area contributed by atoms with Crippen molar-refractivity contribution in [3.8, 4) is 0 Å². The number of rotatable bonds is 8. The third-order valence-electron chi connectivity index (χ3n) is 5.20. The first-order valence-corrected chi connectivity index (χ1v) is 10.2. The van der Waals surface area contributed by atoms with Gasteiger partial charge in [-0.25, -0.2) is 4.98 Å². The molecule has 26 heavy (non-hydrogen) atoms. The van der Waals surface area contributed by atoms with Gasteiger partial charge in [0.25, 0.3) is 0 Å². The summed E-state index contributed by atoms with van der Waals surface area (Å²) < 4.78 is 0. The standard InChI is InChI=1S/C22H32N4/c1-3-14-25(15-4-2)21-10-13-23-22(24-21)26-16-11-20(12-17-26)18-19-8-6-5-7-9-19/h5-10,13,20H,3-4,11-12,14-18H2,1-2H3. The summed E-state index contributed by atoms with van der Waals surface area (Å²) in [5.74, 6) is 2.75. The van der Waals surface area contributed by atoms with E-state index in [-0.39, 0.29) is 0 Å². The van der Waals surface area contributed by atoms with Crippen LogP contribution < -0.4 is 9.80 Å². The number of nitrogens with zero attached hydrogens (tertiary/aromatic N) is 4. The van der Waals surface area contributed by atoms with Crippen molar-refractivity contribution >= 4 is 11.8 Å². The third-order valence-corrected chi connectivity index (χ3v) is 5.20. The van der Waals surface area contributed by atoms with E-state index in [1.54, 1.807) is 0 Å². The Bertz CT molecular complexity index is 644. The second-order valence-electron chi connectivity index (χ2n) is 7.32. The summed E-state index contributed by atoms with van der Waals surface area (Å²) in [4.78, 5) is 14.2. The van der Waals surface area contributed by atoms with Gasteiger partial charge in [0, 0.05) is 32.4 Å². The normalized spacial score (nSPS) is 15.2. The van der Waals surface area contributed by atoms with Crippen LogP contribution in [0.15, 0.2) is 42.6 Å². The predicted octanol–water partition coefficient (Wildman–Crippen LogP) is 4.56. The molecule has 3 rings (SSSR count). The van der Waals surface area contributed by atoms with E-state index >= 15 is 0 Å². The molecule has 0 unspecified atom stereocenters. The van der Waals surface area contributed by atoms with E-state index < -0.39 is 0 Å². The van der Waals surface area contributed by atoms with Crippen molar-refractivity contribution < 1.29 is 0 Å². The Labute approximate surface area is 158 Å². The van der Waals surface area contributed by atoms with Crippen molar-refractivity contribution in [2.24, 2.45) is 5.92 Å². The topological polar surface area (TPSA) is 32.3 Å². The Morgan fingerprint density at radius 3 is 2.35 bits per heavy atom. The minimum Gasteiger partial charge on any atom is -0.356 e. The molecule has 0 saturated carbocycles. The average molecular weight is 353 g/mol. The molecule has 0 bridgehead atoms. The molecule has 1 fully saturated rings. The van der Waals surface area contributed by atoms with Crippen LogP contribution in [-0.4, -0.2) is 36.1 Å². The average Bonchev–Trinajstić information content (AvgIpc) is 2.69. The van der Waals surface area contributed by atoms with Gasteiger partial charge in [0.2, 0.25) is 5.95 Å². The van der Waals surface area contributed by atoms with Gasteiger partial charge in [0.15, 0.2) is 0 Å². The lowest BCUT2D eigenvalue weighted by atomic mass is 9.90. The van der Waals surface area contributed by atoms with E-state index in [1.165, 1.54) is 24.8 Å². The zero-order valence-corrected chi connectivity index (χ0v) is 16.3. The number of benzene rings is 1. The molecular formula is C22H32N4. The van der Waals surface area contributed by atoms with Gasteiger partial charge in [-0.3, -0.25) is 0 Å². The quantitative estimate of drug-likeness (QED) is 0.697. The zero-order chi connectivity index (χ0) is 18.2. The first-order valence-electron chi connectivity index (χ1n) is 10.2. The van der Waals surface area contributed by atoms with Crippen LogP contribution in [0.5, 0.6) is 0 Å². The van der Waals surface area contributed by atoms with Crippen molar-refractivity contribution in [1.82, 2.24) is 9.97 Å². The molecule has 0 radical (unpaired) electrons. The lowest BCUT2D eigenvalue weighted by Gasteiger charge is -2.32. The van der Waals surface area contributed by atoms with Crippen LogP contribution in [0.1, 0.15) is 45.1 Å². The van der Waals surface area contributed by atoms with Crippen molar-refractivity contribution in [2.75, 3.05) is 36.0 Å². The van der Waals surface area contributed by atoms with Crippen molar-refractivity contribution in [2.45, 2.75) is 46.0 Å². The van der Waals surface area contributed by atoms with Crippen molar-refractivity contribution in [3.05, 3.63) is 48.2 Å². The Hall–Kier alpha value is -2.10. The van der Waals surface area contributed by atoms with Crippen LogP contribution in [0, 0.1) is 5.92 Å². The highest BCUT2D eigenvalue weighted by Crippen LogP contribution is 2.25. The molecule has 2 aromatic rings. The molecular weight excluding hydrogens is 320 g/mol. The van der Waals surface area contributed by atoms with Crippen LogP contribution >= 0.6 is 0 Å². The van der Waals surface area contributed by atoms with Crippen molar-refractivity contribution in [1.29, 1.82) is 0 Å². The first kappa shape index (κ1) is 18.7. The smallest absolute Gasteiger partial charge is 0.227 e. The Kier molecular flexibility index (Phi) is 6.87. The van der Waals surface area contributed by atoms with Gasteiger partial charge in [-0.15, -0.1) is 0 Å². The van der Waals surface area contributed by atoms with Gasteiger partial charge in [0.1, 0.15) is 5.82 Å². The molecule has 0 N–H and O–H groups in total. The maximum absolute atomic E-state index is 4.88. The maximum atomic E-state index is 4.88. The monoisotopic (exact) mass is 352 g/mol. The summed E-state index contributed by atoms with van der Waals surface area (Å²) in [7, 11) is 0. The van der Waals surface area contributed by atoms with Crippen LogP contribution in [0.2, 0.25) is 0 Å². The fraction of sp³-hybridized carbons (Fsp3) is 0.545. The highest BCUT2D eigenvalue weighted by atomic mass is 15.3. The van der Waals surface area contributed by atoms with Gasteiger partial charge in [-0.2, -0.15) is 4.98 Å². The zero-order valence-electron chi connectivity index (χ0n) is 16.3. The summed E-state index contributed by atoms with van der Waals surface area (Å²) in [6.45, 7) is 8.68. The lowest BCUT2D eigenvalue weighted by Crippen LogP contribution is -2.36. The second-order valence-corrected chi connectivity index (χ2v) is 7.32. The Morgan fingerprint density at radius 1 is 1.00 bits per heavy atom. The SMILES string of the molecule is CCCN(CCC)c1ccnc(N2CCC(Cc3ccccc3)CC2)n1. The van der Waals surface area contributed by atoms with Gasteiger partial charge >= 0.3 is 0 Å². The van der Waals surface area contributed by atoms with Gasteiger partial charge in [-0.1, -0.05) is 44.2 Å².